The summed E-state index contributed by atoms with van der Waals surface area (Å²) in [6.45, 7) is -1.47. The molecule has 0 aliphatic rings. The summed E-state index contributed by atoms with van der Waals surface area (Å²) in [5.74, 6) is -8.47. The van der Waals surface area contributed by atoms with Crippen LogP contribution in [0.2, 0.25) is 0 Å². The van der Waals surface area contributed by atoms with Gasteiger partial charge in [-0.25, -0.2) is 0 Å². The van der Waals surface area contributed by atoms with Gasteiger partial charge in [0, 0.05) is 24.3 Å². The monoisotopic (exact) mass is 614 g/mol. The van der Waals surface area contributed by atoms with E-state index in [1.807, 2.05) is 0 Å². The summed E-state index contributed by atoms with van der Waals surface area (Å²) >= 11 is 0. The first-order chi connectivity index (χ1) is 18.6. The highest BCUT2D eigenvalue weighted by atomic mass is 33.1. The third-order valence-corrected chi connectivity index (χ3v) is 7.22. The SMILES string of the molecule is [NH3+]C(CCC(=O)O)C(=O)NC(CSSCC(NC(=O)C([NH3+])CCC(=O)O)C(=O)NCC(=O)O)C(=O)NCC(=O)O. The molecule has 0 aliphatic carbocycles. The summed E-state index contributed by atoms with van der Waals surface area (Å²) in [4.78, 5) is 92.7. The maximum Gasteiger partial charge on any atom is 0.322 e. The van der Waals surface area contributed by atoms with Crippen LogP contribution in [0.1, 0.15) is 25.7 Å². The minimum Gasteiger partial charge on any atom is -0.481 e. The highest BCUT2D eigenvalue weighted by Gasteiger charge is 2.29. The fourth-order valence-corrected chi connectivity index (χ4v) is 4.93. The molecule has 0 aromatic heterocycles. The second kappa shape index (κ2) is 19.4. The lowest BCUT2D eigenvalue weighted by Crippen LogP contribution is -2.69. The molecular weight excluding hydrogens is 580 g/mol. The number of carboxylic acids is 4. The van der Waals surface area contributed by atoms with E-state index in [4.69, 9.17) is 20.4 Å². The summed E-state index contributed by atoms with van der Waals surface area (Å²) in [7, 11) is 1.91. The van der Waals surface area contributed by atoms with Crippen LogP contribution in [0.5, 0.6) is 0 Å². The number of hydrogen-bond donors (Lipinski definition) is 10. The molecule has 0 saturated carbocycles. The van der Waals surface area contributed by atoms with Crippen LogP contribution < -0.4 is 32.7 Å². The van der Waals surface area contributed by atoms with Crippen molar-refractivity contribution in [2.75, 3.05) is 24.6 Å². The van der Waals surface area contributed by atoms with Crippen LogP contribution in [0.15, 0.2) is 0 Å². The van der Waals surface area contributed by atoms with E-state index in [9.17, 15) is 38.4 Å². The van der Waals surface area contributed by atoms with E-state index < -0.39 is 84.8 Å². The minimum absolute atomic E-state index is 0.112. The molecule has 0 bridgehead atoms. The Kier molecular flexibility index (Phi) is 17.7. The number of quaternary nitrogens is 2. The van der Waals surface area contributed by atoms with E-state index in [2.05, 4.69) is 32.7 Å². The second-order valence-corrected chi connectivity index (χ2v) is 10.7. The van der Waals surface area contributed by atoms with Crippen molar-refractivity contribution in [3.05, 3.63) is 0 Å². The van der Waals surface area contributed by atoms with E-state index in [1.165, 1.54) is 0 Å². The molecule has 0 radical (unpaired) electrons. The molecular formula is C20H34N6O12S2+2. The largest absolute Gasteiger partial charge is 0.481 e. The molecule has 4 amide bonds. The molecule has 0 aliphatic heterocycles. The van der Waals surface area contributed by atoms with Gasteiger partial charge in [-0.1, -0.05) is 21.6 Å². The zero-order valence-corrected chi connectivity index (χ0v) is 22.9. The Morgan fingerprint density at radius 1 is 0.550 bits per heavy atom. The van der Waals surface area contributed by atoms with Gasteiger partial charge in [0.25, 0.3) is 11.8 Å². The first-order valence-electron chi connectivity index (χ1n) is 11.6. The fourth-order valence-electron chi connectivity index (χ4n) is 2.61. The van der Waals surface area contributed by atoms with E-state index in [0.717, 1.165) is 21.6 Å². The number of carbonyl (C=O) groups is 8. The summed E-state index contributed by atoms with van der Waals surface area (Å²) in [5, 5.41) is 44.1. The molecule has 0 rings (SSSR count). The third kappa shape index (κ3) is 17.1. The molecule has 18 nitrogen and oxygen atoms in total. The Hall–Kier alpha value is -3.62. The number of nitrogens with one attached hydrogen (secondary N) is 4. The van der Waals surface area contributed by atoms with Crippen molar-refractivity contribution >= 4 is 69.1 Å². The molecule has 14 N–H and O–H groups in total. The zero-order valence-electron chi connectivity index (χ0n) is 21.3. The minimum atomic E-state index is -1.34. The van der Waals surface area contributed by atoms with Crippen LogP contribution in [-0.2, 0) is 38.4 Å². The second-order valence-electron chi connectivity index (χ2n) is 8.17. The normalized spacial score (nSPS) is 13.6. The van der Waals surface area contributed by atoms with Crippen molar-refractivity contribution in [1.29, 1.82) is 0 Å². The molecule has 4 unspecified atom stereocenters. The van der Waals surface area contributed by atoms with Crippen LogP contribution in [0.4, 0.5) is 0 Å². The Balaban J connectivity index is 5.28. The maximum atomic E-state index is 12.4. The Labute approximate surface area is 235 Å². The predicted octanol–water partition coefficient (Wildman–Crippen LogP) is -5.31. The molecule has 0 aromatic carbocycles. The van der Waals surface area contributed by atoms with E-state index in [-0.39, 0.29) is 37.2 Å². The predicted molar refractivity (Wildman–Crippen MR) is 137 cm³/mol. The molecule has 4 atom stereocenters. The Morgan fingerprint density at radius 3 is 1.15 bits per heavy atom. The Morgan fingerprint density at radius 2 is 0.875 bits per heavy atom. The summed E-state index contributed by atoms with van der Waals surface area (Å²) in [5.41, 5.74) is 7.11. The molecule has 40 heavy (non-hydrogen) atoms. The lowest BCUT2D eigenvalue weighted by Gasteiger charge is -2.20. The summed E-state index contributed by atoms with van der Waals surface area (Å²) in [6, 6.07) is -4.57. The number of rotatable bonds is 21. The highest BCUT2D eigenvalue weighted by Crippen LogP contribution is 2.23. The Bertz CT molecular complexity index is 879. The first kappa shape index (κ1) is 36.4. The molecule has 0 fully saturated rings. The summed E-state index contributed by atoms with van der Waals surface area (Å²) < 4.78 is 0. The van der Waals surface area contributed by atoms with Crippen molar-refractivity contribution in [3.8, 4) is 0 Å². The van der Waals surface area contributed by atoms with Gasteiger partial charge in [0.05, 0.1) is 12.8 Å². The molecule has 0 spiro atoms. The van der Waals surface area contributed by atoms with Gasteiger partial charge in [0.2, 0.25) is 11.8 Å². The van der Waals surface area contributed by atoms with E-state index in [0.29, 0.717) is 0 Å². The van der Waals surface area contributed by atoms with Crippen molar-refractivity contribution in [3.63, 3.8) is 0 Å². The molecule has 0 heterocycles. The van der Waals surface area contributed by atoms with Gasteiger partial charge in [-0.05, 0) is 0 Å². The van der Waals surface area contributed by atoms with Gasteiger partial charge >= 0.3 is 23.9 Å². The van der Waals surface area contributed by atoms with Crippen LogP contribution in [-0.4, -0.2) is 117 Å². The average molecular weight is 615 g/mol. The summed E-state index contributed by atoms with van der Waals surface area (Å²) in [6.07, 6.45) is -0.911. The van der Waals surface area contributed by atoms with Gasteiger partial charge < -0.3 is 53.2 Å². The quantitative estimate of drug-likeness (QED) is 0.0426. The van der Waals surface area contributed by atoms with Crippen LogP contribution >= 0.6 is 21.6 Å². The van der Waals surface area contributed by atoms with Crippen molar-refractivity contribution in [2.45, 2.75) is 49.9 Å². The molecule has 20 heteroatoms. The molecule has 226 valence electrons. The molecule has 0 aromatic rings. The highest BCUT2D eigenvalue weighted by molar-refractivity contribution is 8.76. The van der Waals surface area contributed by atoms with Gasteiger partial charge in [-0.15, -0.1) is 0 Å². The van der Waals surface area contributed by atoms with Crippen LogP contribution in [0.25, 0.3) is 0 Å². The topological polar surface area (TPSA) is 321 Å². The smallest absolute Gasteiger partial charge is 0.322 e. The van der Waals surface area contributed by atoms with Crippen molar-refractivity contribution in [2.24, 2.45) is 0 Å². The van der Waals surface area contributed by atoms with Gasteiger partial charge in [-0.2, -0.15) is 0 Å². The number of hydrogen-bond acceptors (Lipinski definition) is 10. The number of aliphatic carboxylic acids is 4. The van der Waals surface area contributed by atoms with Crippen molar-refractivity contribution in [1.82, 2.24) is 21.3 Å². The van der Waals surface area contributed by atoms with Crippen molar-refractivity contribution < 1.29 is 70.2 Å². The van der Waals surface area contributed by atoms with Gasteiger partial charge in [0.15, 0.2) is 12.1 Å². The average Bonchev–Trinajstić information content (AvgIpc) is 2.87. The fraction of sp³-hybridized carbons (Fsp3) is 0.600. The van der Waals surface area contributed by atoms with E-state index in [1.54, 1.807) is 0 Å². The number of carbonyl (C=O) groups excluding carboxylic acids is 4. The number of carboxylic acid groups (broad SMARTS) is 4. The standard InChI is InChI=1S/C20H32N6O12S2/c21-9(1-3-13(27)28)17(35)25-11(19(37)23-5-15(31)32)7-39-40-8-12(20(38)24-6-16(33)34)26-18(36)10(22)2-4-14(29)30/h9-12H,1-8,21-22H2,(H,23,37)(H,24,38)(H,25,35)(H,26,36)(H,27,28)(H,29,30)(H,31,32)(H,33,34)/p+2. The first-order valence-corrected chi connectivity index (χ1v) is 14.1. The molecule has 0 saturated heterocycles. The van der Waals surface area contributed by atoms with Crippen LogP contribution in [0.3, 0.4) is 0 Å². The van der Waals surface area contributed by atoms with Crippen LogP contribution in [0, 0.1) is 0 Å². The third-order valence-electron chi connectivity index (χ3n) is 4.80. The van der Waals surface area contributed by atoms with Gasteiger partial charge in [0.1, 0.15) is 25.2 Å². The lowest BCUT2D eigenvalue weighted by atomic mass is 10.1. The lowest BCUT2D eigenvalue weighted by molar-refractivity contribution is -0.405. The number of amides is 4. The van der Waals surface area contributed by atoms with E-state index >= 15 is 0 Å². The maximum absolute atomic E-state index is 12.4. The zero-order chi connectivity index (χ0) is 30.8. The van der Waals surface area contributed by atoms with Gasteiger partial charge in [-0.3, -0.25) is 38.4 Å².